The fourth-order valence-corrected chi connectivity index (χ4v) is 3.22. The molecule has 1 N–H and O–H groups in total. The summed E-state index contributed by atoms with van der Waals surface area (Å²) in [5.74, 6) is -4.78. The molecule has 0 aromatic carbocycles. The third-order valence-corrected chi connectivity index (χ3v) is 4.44. The molecular formula is C13H16F4N2OS. The summed E-state index contributed by atoms with van der Waals surface area (Å²) in [5, 5.41) is 2.94. The summed E-state index contributed by atoms with van der Waals surface area (Å²) in [4.78, 5) is 14.6. The van der Waals surface area contributed by atoms with E-state index in [1.165, 1.54) is 11.3 Å². The van der Waals surface area contributed by atoms with Crippen LogP contribution in [0.15, 0.2) is 12.1 Å². The second kappa shape index (κ2) is 5.92. The summed E-state index contributed by atoms with van der Waals surface area (Å²) in [6.07, 6.45) is -4.15. The Morgan fingerprint density at radius 2 is 2.10 bits per heavy atom. The van der Waals surface area contributed by atoms with Crippen LogP contribution in [0.3, 0.4) is 0 Å². The smallest absolute Gasteiger partial charge is 0.314 e. The topological polar surface area (TPSA) is 32.3 Å². The normalized spacial score (nSPS) is 23.4. The quantitative estimate of drug-likeness (QED) is 0.844. The standard InChI is InChI=1S/C13H16F4N2OS/c1-3-8-11(20)19(6-13(16,17)12(14)15)10(18-8)9-5-4-7(2)21-9/h4-5,8,10,12,18H,3,6H2,1-2H3. The van der Waals surface area contributed by atoms with Gasteiger partial charge in [-0.15, -0.1) is 11.3 Å². The molecule has 8 heteroatoms. The summed E-state index contributed by atoms with van der Waals surface area (Å²) >= 11 is 1.35. The number of hydrogen-bond acceptors (Lipinski definition) is 3. The third-order valence-electron chi connectivity index (χ3n) is 3.39. The molecule has 118 valence electrons. The summed E-state index contributed by atoms with van der Waals surface area (Å²) < 4.78 is 51.5. The van der Waals surface area contributed by atoms with Crippen LogP contribution in [0.2, 0.25) is 0 Å². The molecular weight excluding hydrogens is 308 g/mol. The third kappa shape index (κ3) is 3.21. The maximum atomic E-state index is 13.3. The molecule has 1 saturated heterocycles. The molecule has 0 spiro atoms. The van der Waals surface area contributed by atoms with Crippen molar-refractivity contribution in [2.75, 3.05) is 6.54 Å². The number of rotatable bonds is 5. The van der Waals surface area contributed by atoms with Crippen LogP contribution in [-0.2, 0) is 4.79 Å². The Labute approximate surface area is 123 Å². The lowest BCUT2D eigenvalue weighted by Crippen LogP contribution is -2.44. The van der Waals surface area contributed by atoms with E-state index in [0.717, 1.165) is 9.78 Å². The second-order valence-electron chi connectivity index (χ2n) is 5.01. The number of thiophene rings is 1. The van der Waals surface area contributed by atoms with Crippen molar-refractivity contribution in [2.45, 2.75) is 44.8 Å². The minimum absolute atomic E-state index is 0.413. The van der Waals surface area contributed by atoms with Gasteiger partial charge in [-0.3, -0.25) is 10.1 Å². The first-order chi connectivity index (χ1) is 9.76. The van der Waals surface area contributed by atoms with Crippen LogP contribution in [0.5, 0.6) is 0 Å². The van der Waals surface area contributed by atoms with Gasteiger partial charge in [0, 0.05) is 9.75 Å². The molecule has 2 heterocycles. The SMILES string of the molecule is CCC1NC(c2ccc(C)s2)N(CC(F)(F)C(F)F)C1=O. The van der Waals surface area contributed by atoms with Gasteiger partial charge in [0.25, 0.3) is 0 Å². The number of aryl methyl sites for hydroxylation is 1. The highest BCUT2D eigenvalue weighted by atomic mass is 32.1. The summed E-state index contributed by atoms with van der Waals surface area (Å²) in [6.45, 7) is 2.30. The lowest BCUT2D eigenvalue weighted by Gasteiger charge is -2.27. The number of alkyl halides is 4. The van der Waals surface area contributed by atoms with E-state index in [1.807, 2.05) is 6.92 Å². The van der Waals surface area contributed by atoms with Gasteiger partial charge in [0.1, 0.15) is 6.17 Å². The Morgan fingerprint density at radius 3 is 2.57 bits per heavy atom. The first-order valence-electron chi connectivity index (χ1n) is 6.55. The molecule has 3 nitrogen and oxygen atoms in total. The van der Waals surface area contributed by atoms with Crippen molar-refractivity contribution in [2.24, 2.45) is 0 Å². The van der Waals surface area contributed by atoms with Crippen LogP contribution in [0.25, 0.3) is 0 Å². The molecule has 1 aromatic rings. The van der Waals surface area contributed by atoms with Gasteiger partial charge in [0.05, 0.1) is 12.6 Å². The largest absolute Gasteiger partial charge is 0.324 e. The Morgan fingerprint density at radius 1 is 1.43 bits per heavy atom. The first-order valence-corrected chi connectivity index (χ1v) is 7.36. The van der Waals surface area contributed by atoms with Gasteiger partial charge in [-0.05, 0) is 25.5 Å². The van der Waals surface area contributed by atoms with E-state index in [9.17, 15) is 22.4 Å². The number of hydrogen-bond donors (Lipinski definition) is 1. The van der Waals surface area contributed by atoms with Crippen molar-refractivity contribution in [3.05, 3.63) is 21.9 Å². The van der Waals surface area contributed by atoms with E-state index in [0.29, 0.717) is 11.3 Å². The molecule has 0 radical (unpaired) electrons. The highest BCUT2D eigenvalue weighted by Gasteiger charge is 2.49. The zero-order valence-corrected chi connectivity index (χ0v) is 12.4. The van der Waals surface area contributed by atoms with Crippen LogP contribution < -0.4 is 5.32 Å². The molecule has 0 saturated carbocycles. The highest BCUT2D eigenvalue weighted by Crippen LogP contribution is 2.34. The fourth-order valence-electron chi connectivity index (χ4n) is 2.27. The van der Waals surface area contributed by atoms with Gasteiger partial charge >= 0.3 is 12.3 Å². The number of carbonyl (C=O) groups is 1. The van der Waals surface area contributed by atoms with Gasteiger partial charge in [-0.1, -0.05) is 6.92 Å². The number of amides is 1. The van der Waals surface area contributed by atoms with Gasteiger partial charge in [0.15, 0.2) is 0 Å². The maximum Gasteiger partial charge on any atom is 0.324 e. The van der Waals surface area contributed by atoms with E-state index >= 15 is 0 Å². The lowest BCUT2D eigenvalue weighted by atomic mass is 10.2. The Balaban J connectivity index is 2.27. The molecule has 2 atom stereocenters. The molecule has 1 aliphatic heterocycles. The first kappa shape index (κ1) is 16.2. The van der Waals surface area contributed by atoms with Gasteiger partial charge < -0.3 is 4.90 Å². The molecule has 1 aliphatic rings. The highest BCUT2D eigenvalue weighted by molar-refractivity contribution is 7.12. The van der Waals surface area contributed by atoms with E-state index in [4.69, 9.17) is 0 Å². The molecule has 0 aliphatic carbocycles. The second-order valence-corrected chi connectivity index (χ2v) is 6.33. The van der Waals surface area contributed by atoms with E-state index < -0.39 is 37.0 Å². The molecule has 21 heavy (non-hydrogen) atoms. The zero-order chi connectivity index (χ0) is 15.8. The van der Waals surface area contributed by atoms with Crippen LogP contribution in [0.1, 0.15) is 29.3 Å². The van der Waals surface area contributed by atoms with Gasteiger partial charge in [-0.25, -0.2) is 8.78 Å². The van der Waals surface area contributed by atoms with E-state index in [1.54, 1.807) is 19.1 Å². The van der Waals surface area contributed by atoms with E-state index in [-0.39, 0.29) is 0 Å². The van der Waals surface area contributed by atoms with Gasteiger partial charge in [-0.2, -0.15) is 8.78 Å². The number of halogens is 4. The molecule has 2 unspecified atom stereocenters. The van der Waals surface area contributed by atoms with Crippen molar-refractivity contribution in [1.82, 2.24) is 10.2 Å². The summed E-state index contributed by atoms with van der Waals surface area (Å²) in [5.41, 5.74) is 0. The predicted octanol–water partition coefficient (Wildman–Crippen LogP) is 3.17. The van der Waals surface area contributed by atoms with Crippen molar-refractivity contribution in [1.29, 1.82) is 0 Å². The van der Waals surface area contributed by atoms with Crippen LogP contribution in [0.4, 0.5) is 17.6 Å². The van der Waals surface area contributed by atoms with Crippen molar-refractivity contribution >= 4 is 17.2 Å². The van der Waals surface area contributed by atoms with Crippen LogP contribution >= 0.6 is 11.3 Å². The molecule has 1 fully saturated rings. The number of carbonyl (C=O) groups excluding carboxylic acids is 1. The van der Waals surface area contributed by atoms with Crippen molar-refractivity contribution < 1.29 is 22.4 Å². The minimum Gasteiger partial charge on any atom is -0.314 e. The Hall–Kier alpha value is -1.15. The van der Waals surface area contributed by atoms with E-state index in [2.05, 4.69) is 5.32 Å². The summed E-state index contributed by atoms with van der Waals surface area (Å²) in [7, 11) is 0. The zero-order valence-electron chi connectivity index (χ0n) is 11.6. The maximum absolute atomic E-state index is 13.3. The van der Waals surface area contributed by atoms with Crippen LogP contribution in [-0.4, -0.2) is 35.7 Å². The Bertz CT molecular complexity index is 520. The van der Waals surface area contributed by atoms with Crippen molar-refractivity contribution in [3.63, 3.8) is 0 Å². The number of nitrogens with one attached hydrogen (secondary N) is 1. The molecule has 1 amide bonds. The fraction of sp³-hybridized carbons (Fsp3) is 0.615. The summed E-state index contributed by atoms with van der Waals surface area (Å²) in [6, 6.07) is 2.90. The predicted molar refractivity (Wildman–Crippen MR) is 71.7 cm³/mol. The molecule has 0 bridgehead atoms. The lowest BCUT2D eigenvalue weighted by molar-refractivity contribution is -0.157. The average Bonchev–Trinajstić information content (AvgIpc) is 2.95. The van der Waals surface area contributed by atoms with Crippen LogP contribution in [0, 0.1) is 6.92 Å². The number of nitrogens with zero attached hydrogens (tertiary/aromatic N) is 1. The minimum atomic E-state index is -4.22. The monoisotopic (exact) mass is 324 g/mol. The van der Waals surface area contributed by atoms with Gasteiger partial charge in [0.2, 0.25) is 5.91 Å². The molecule has 1 aromatic heterocycles. The Kier molecular flexibility index (Phi) is 4.57. The van der Waals surface area contributed by atoms with Crippen molar-refractivity contribution in [3.8, 4) is 0 Å². The molecule has 2 rings (SSSR count). The average molecular weight is 324 g/mol.